The number of fused-ring (bicyclic) bond motifs is 16. The van der Waals surface area contributed by atoms with Gasteiger partial charge in [-0.2, -0.15) is 0 Å². The van der Waals surface area contributed by atoms with Crippen LogP contribution in [0.15, 0.2) is 311 Å². The second kappa shape index (κ2) is 20.5. The molecule has 4 aliphatic heterocycles. The smallest absolute Gasteiger partial charge is 0.252 e. The van der Waals surface area contributed by atoms with E-state index in [0.717, 1.165) is 11.4 Å². The molecule has 5 heteroatoms. The lowest BCUT2D eigenvalue weighted by Crippen LogP contribution is -2.62. The molecule has 2 nitrogen and oxygen atoms in total. The molecule has 0 spiro atoms. The van der Waals surface area contributed by atoms with Crippen molar-refractivity contribution in [3.05, 3.63) is 297 Å². The third-order valence-corrected chi connectivity index (χ3v) is 20.5. The molecule has 4 heterocycles. The largest absolute Gasteiger partial charge is 0.310 e. The summed E-state index contributed by atoms with van der Waals surface area (Å²) in [6.45, 7) is 6.94. The molecule has 0 aromatic heterocycles. The highest BCUT2D eigenvalue weighted by atomic mass is 32.2. The first-order valence-electron chi connectivity index (χ1n) is 30.2. The van der Waals surface area contributed by atoms with Gasteiger partial charge in [-0.1, -0.05) is 263 Å². The van der Waals surface area contributed by atoms with Crippen molar-refractivity contribution in [2.75, 3.05) is 9.80 Å². The average molecular weight is 1150 g/mol. The lowest BCUT2D eigenvalue weighted by atomic mass is 9.32. The van der Waals surface area contributed by atoms with E-state index in [1.54, 1.807) is 0 Å². The molecule has 0 saturated carbocycles. The van der Waals surface area contributed by atoms with Gasteiger partial charge in [-0.05, 0) is 167 Å². The Morgan fingerprint density at radius 1 is 0.264 bits per heavy atom. The van der Waals surface area contributed by atoms with E-state index in [1.165, 1.54) is 153 Å². The monoisotopic (exact) mass is 1140 g/mol. The predicted octanol–water partition coefficient (Wildman–Crippen LogP) is 21.3. The van der Waals surface area contributed by atoms with Crippen LogP contribution in [0.1, 0.15) is 26.3 Å². The van der Waals surface area contributed by atoms with Crippen molar-refractivity contribution in [2.45, 2.75) is 45.8 Å². The van der Waals surface area contributed by atoms with E-state index in [-0.39, 0.29) is 12.1 Å². The van der Waals surface area contributed by atoms with Crippen LogP contribution in [0.2, 0.25) is 0 Å². The van der Waals surface area contributed by atoms with E-state index in [2.05, 4.69) is 322 Å². The van der Waals surface area contributed by atoms with Crippen LogP contribution in [0.3, 0.4) is 0 Å². The molecular formula is C82H57BN2S2. The van der Waals surface area contributed by atoms with Crippen molar-refractivity contribution in [3.8, 4) is 89.0 Å². The summed E-state index contributed by atoms with van der Waals surface area (Å²) in [6.07, 6.45) is 0. The maximum atomic E-state index is 2.71. The van der Waals surface area contributed by atoms with E-state index in [4.69, 9.17) is 0 Å². The SMILES string of the molecule is CC(C)(C)c1cc2c3c(c1)N1c4ccc(-c5ccccc5)cc4-c4ccccc4Sc4ccccc4-c4cc(-c5ccccc5)cc(c41)B3c1cc(-c3ccccc3)cc3c1N2c1ccc(-c2ccccc2)cc1-c1ccccc1Sc1ccccc1-3. The fraction of sp³-hybridized carbons (Fsp3) is 0.0488. The van der Waals surface area contributed by atoms with E-state index in [1.807, 2.05) is 23.5 Å². The Morgan fingerprint density at radius 2 is 0.575 bits per heavy atom. The fourth-order valence-electron chi connectivity index (χ4n) is 14.1. The summed E-state index contributed by atoms with van der Waals surface area (Å²) < 4.78 is 0. The van der Waals surface area contributed by atoms with Crippen molar-refractivity contribution in [1.29, 1.82) is 0 Å². The lowest BCUT2D eigenvalue weighted by molar-refractivity contribution is 0.590. The minimum Gasteiger partial charge on any atom is -0.310 e. The molecule has 0 aliphatic carbocycles. The molecule has 0 amide bonds. The molecule has 13 aromatic rings. The normalized spacial score (nSPS) is 13.1. The number of hydrogen-bond donors (Lipinski definition) is 0. The highest BCUT2D eigenvalue weighted by molar-refractivity contribution is 8.00. The zero-order valence-electron chi connectivity index (χ0n) is 48.5. The maximum Gasteiger partial charge on any atom is 0.252 e. The summed E-state index contributed by atoms with van der Waals surface area (Å²) >= 11 is 3.75. The molecule has 17 rings (SSSR count). The predicted molar refractivity (Wildman–Crippen MR) is 371 cm³/mol. The first kappa shape index (κ1) is 51.6. The Hall–Kier alpha value is -9.78. The number of hydrogen-bond acceptors (Lipinski definition) is 4. The van der Waals surface area contributed by atoms with Crippen molar-refractivity contribution >= 4 is 80.7 Å². The first-order valence-corrected chi connectivity index (χ1v) is 31.8. The lowest BCUT2D eigenvalue weighted by Gasteiger charge is -2.47. The van der Waals surface area contributed by atoms with Gasteiger partial charge in [-0.25, -0.2) is 0 Å². The van der Waals surface area contributed by atoms with Gasteiger partial charge in [-0.15, -0.1) is 0 Å². The molecule has 0 atom stereocenters. The molecule has 0 unspecified atom stereocenters. The van der Waals surface area contributed by atoms with Gasteiger partial charge in [0.15, 0.2) is 0 Å². The number of anilines is 6. The molecular weight excluding hydrogens is 1090 g/mol. The second-order valence-electron chi connectivity index (χ2n) is 24.3. The summed E-state index contributed by atoms with van der Waals surface area (Å²) in [5, 5.41) is 0. The fourth-order valence-corrected chi connectivity index (χ4v) is 16.3. The number of nitrogens with zero attached hydrogens (tertiary/aromatic N) is 2. The molecule has 0 fully saturated rings. The second-order valence-corrected chi connectivity index (χ2v) is 26.5. The van der Waals surface area contributed by atoms with Crippen LogP contribution in [0.25, 0.3) is 89.0 Å². The molecule has 0 radical (unpaired) electrons. The zero-order valence-corrected chi connectivity index (χ0v) is 50.1. The standard InChI is InChI=1S/C82H57BN2S2/c1-82(2,3)60-50-73-79-74(51-60)85-72-43-41-57(53-26-10-5-11-27-53)45-66(72)62-33-17-21-37-76(62)87-78-39-23-19-35-64(78)68-47-59(55-30-14-7-15-31-55)49-70(81(68)85)83(79)69-48-58(54-28-12-6-13-29-54)46-67-63-34-18-22-38-77(63)86-75-36-20-16-32-61(75)65-44-56(52-24-8-4-9-25-52)40-42-71(65)84(73)80(67)69/h4-51H,1-3H3. The van der Waals surface area contributed by atoms with Gasteiger partial charge in [0.1, 0.15) is 0 Å². The summed E-state index contributed by atoms with van der Waals surface area (Å²) in [7, 11) is 0. The summed E-state index contributed by atoms with van der Waals surface area (Å²) in [5.74, 6) is 0. The number of benzene rings is 13. The van der Waals surface area contributed by atoms with Crippen LogP contribution in [0, 0.1) is 0 Å². The Kier molecular flexibility index (Phi) is 12.1. The van der Waals surface area contributed by atoms with Crippen LogP contribution in [0.4, 0.5) is 34.1 Å². The Bertz CT molecular complexity index is 4620. The third kappa shape index (κ3) is 8.50. The highest BCUT2D eigenvalue weighted by Gasteiger charge is 2.48. The molecule has 0 bridgehead atoms. The van der Waals surface area contributed by atoms with E-state index < -0.39 is 0 Å². The summed E-state index contributed by atoms with van der Waals surface area (Å²) in [5.41, 5.74) is 31.0. The van der Waals surface area contributed by atoms with Crippen LogP contribution in [-0.2, 0) is 5.41 Å². The molecule has 4 aliphatic rings. The first-order chi connectivity index (χ1) is 42.8. The average Bonchev–Trinajstić information content (AvgIpc) is 0.706. The van der Waals surface area contributed by atoms with Gasteiger partial charge in [0.2, 0.25) is 0 Å². The van der Waals surface area contributed by atoms with Crippen LogP contribution in [0.5, 0.6) is 0 Å². The summed E-state index contributed by atoms with van der Waals surface area (Å²) in [4.78, 5) is 10.3. The van der Waals surface area contributed by atoms with Gasteiger partial charge in [0, 0.05) is 64.6 Å². The molecule has 87 heavy (non-hydrogen) atoms. The van der Waals surface area contributed by atoms with Gasteiger partial charge in [0.05, 0.1) is 11.4 Å². The third-order valence-electron chi connectivity index (χ3n) is 18.2. The zero-order chi connectivity index (χ0) is 57.9. The van der Waals surface area contributed by atoms with Crippen molar-refractivity contribution in [2.24, 2.45) is 0 Å². The minimum atomic E-state index is -0.262. The minimum absolute atomic E-state index is 0.226. The maximum absolute atomic E-state index is 2.71. The topological polar surface area (TPSA) is 6.48 Å². The van der Waals surface area contributed by atoms with E-state index in [0.29, 0.717) is 0 Å². The number of rotatable bonds is 4. The molecule has 13 aromatic carbocycles. The Balaban J connectivity index is 1.09. The molecule has 0 N–H and O–H groups in total. The van der Waals surface area contributed by atoms with Gasteiger partial charge in [-0.3, -0.25) is 0 Å². The van der Waals surface area contributed by atoms with Crippen LogP contribution >= 0.6 is 23.5 Å². The molecule has 410 valence electrons. The van der Waals surface area contributed by atoms with E-state index in [9.17, 15) is 0 Å². The highest BCUT2D eigenvalue weighted by Crippen LogP contribution is 2.58. The van der Waals surface area contributed by atoms with Gasteiger partial charge < -0.3 is 9.80 Å². The Labute approximate surface area is 518 Å². The van der Waals surface area contributed by atoms with Crippen molar-refractivity contribution in [3.63, 3.8) is 0 Å². The Morgan fingerprint density at radius 3 is 0.931 bits per heavy atom. The van der Waals surface area contributed by atoms with Crippen molar-refractivity contribution < 1.29 is 0 Å². The quantitative estimate of drug-likeness (QED) is 0.162. The summed E-state index contributed by atoms with van der Waals surface area (Å²) in [6, 6.07) is 110. The van der Waals surface area contributed by atoms with Crippen LogP contribution in [-0.4, -0.2) is 6.71 Å². The van der Waals surface area contributed by atoms with Gasteiger partial charge >= 0.3 is 0 Å². The van der Waals surface area contributed by atoms with Gasteiger partial charge in [0.25, 0.3) is 6.71 Å². The van der Waals surface area contributed by atoms with Crippen LogP contribution < -0.4 is 26.2 Å². The molecule has 0 saturated heterocycles. The van der Waals surface area contributed by atoms with Crippen molar-refractivity contribution in [1.82, 2.24) is 0 Å². The van der Waals surface area contributed by atoms with E-state index >= 15 is 0 Å².